The number of hydrogen-bond acceptors (Lipinski definition) is 3. The standard InChI is InChI=1S/C28H28N4OS/c1-18-19(2)31(21-12-6-5-7-13-21)20(3)25(18)27-26(22-14-10-11-17-29-22)30-28(34)32(27)23-15-8-9-16-24(23)33-4/h5-17,26-27H,1-4H3,(H,30,34)/t26-,27-/m0/s1. The van der Waals surface area contributed by atoms with Gasteiger partial charge in [-0.3, -0.25) is 4.98 Å². The molecule has 34 heavy (non-hydrogen) atoms. The molecular formula is C28H28N4OS. The van der Waals surface area contributed by atoms with Gasteiger partial charge in [-0.1, -0.05) is 36.4 Å². The van der Waals surface area contributed by atoms with Crippen molar-refractivity contribution < 1.29 is 4.74 Å². The zero-order valence-electron chi connectivity index (χ0n) is 19.8. The summed E-state index contributed by atoms with van der Waals surface area (Å²) in [6, 6.07) is 24.4. The topological polar surface area (TPSA) is 42.3 Å². The minimum atomic E-state index is -0.109. The summed E-state index contributed by atoms with van der Waals surface area (Å²) in [5.41, 5.74) is 7.95. The number of ether oxygens (including phenoxy) is 1. The summed E-state index contributed by atoms with van der Waals surface area (Å²) in [5.74, 6) is 0.785. The molecule has 0 spiro atoms. The first-order valence-electron chi connectivity index (χ1n) is 11.4. The van der Waals surface area contributed by atoms with Crippen molar-refractivity contribution in [2.24, 2.45) is 0 Å². The minimum absolute atomic E-state index is 0.0950. The maximum Gasteiger partial charge on any atom is 0.174 e. The van der Waals surface area contributed by atoms with Crippen LogP contribution in [0.5, 0.6) is 5.75 Å². The lowest BCUT2D eigenvalue weighted by atomic mass is 9.93. The first-order valence-corrected chi connectivity index (χ1v) is 11.8. The van der Waals surface area contributed by atoms with Crippen molar-refractivity contribution in [3.63, 3.8) is 0 Å². The van der Waals surface area contributed by atoms with E-state index in [0.29, 0.717) is 5.11 Å². The number of aromatic nitrogens is 2. The van der Waals surface area contributed by atoms with E-state index >= 15 is 0 Å². The van der Waals surface area contributed by atoms with Gasteiger partial charge in [-0.25, -0.2) is 0 Å². The van der Waals surface area contributed by atoms with Crippen molar-refractivity contribution in [1.29, 1.82) is 0 Å². The van der Waals surface area contributed by atoms with Gasteiger partial charge in [0.1, 0.15) is 5.75 Å². The van der Waals surface area contributed by atoms with Crippen molar-refractivity contribution in [3.8, 4) is 11.4 Å². The molecule has 1 aliphatic rings. The Balaban J connectivity index is 1.75. The molecule has 2 aromatic carbocycles. The van der Waals surface area contributed by atoms with Crippen LogP contribution in [0.3, 0.4) is 0 Å². The van der Waals surface area contributed by atoms with Crippen molar-refractivity contribution in [3.05, 3.63) is 107 Å². The number of anilines is 1. The molecule has 0 saturated carbocycles. The summed E-state index contributed by atoms with van der Waals surface area (Å²) >= 11 is 5.93. The van der Waals surface area contributed by atoms with Gasteiger partial charge in [0.25, 0.3) is 0 Å². The average molecular weight is 469 g/mol. The molecule has 5 nitrogen and oxygen atoms in total. The van der Waals surface area contributed by atoms with Crippen LogP contribution in [0.4, 0.5) is 5.69 Å². The van der Waals surface area contributed by atoms with Gasteiger partial charge in [0.2, 0.25) is 0 Å². The second-order valence-corrected chi connectivity index (χ2v) is 8.94. The molecule has 172 valence electrons. The average Bonchev–Trinajstić information content (AvgIpc) is 3.32. The van der Waals surface area contributed by atoms with Gasteiger partial charge in [0.05, 0.1) is 30.6 Å². The quantitative estimate of drug-likeness (QED) is 0.365. The van der Waals surface area contributed by atoms with Crippen LogP contribution in [-0.4, -0.2) is 21.8 Å². The molecule has 0 unspecified atom stereocenters. The zero-order valence-corrected chi connectivity index (χ0v) is 20.6. The van der Waals surface area contributed by atoms with E-state index in [-0.39, 0.29) is 12.1 Å². The van der Waals surface area contributed by atoms with E-state index in [0.717, 1.165) is 22.8 Å². The lowest BCUT2D eigenvalue weighted by Crippen LogP contribution is -2.30. The fraction of sp³-hybridized carbons (Fsp3) is 0.214. The molecular weight excluding hydrogens is 440 g/mol. The number of nitrogens with zero attached hydrogens (tertiary/aromatic N) is 3. The monoisotopic (exact) mass is 468 g/mol. The van der Waals surface area contributed by atoms with E-state index in [1.165, 1.54) is 22.5 Å². The molecule has 1 fully saturated rings. The van der Waals surface area contributed by atoms with Crippen molar-refractivity contribution in [2.45, 2.75) is 32.9 Å². The highest BCUT2D eigenvalue weighted by atomic mass is 32.1. The zero-order chi connectivity index (χ0) is 23.8. The fourth-order valence-electron chi connectivity index (χ4n) is 5.14. The fourth-order valence-corrected chi connectivity index (χ4v) is 5.48. The lowest BCUT2D eigenvalue weighted by Gasteiger charge is -2.30. The highest BCUT2D eigenvalue weighted by Gasteiger charge is 2.44. The smallest absolute Gasteiger partial charge is 0.174 e. The second kappa shape index (κ2) is 8.95. The number of para-hydroxylation sites is 3. The summed E-state index contributed by atoms with van der Waals surface area (Å²) in [6.07, 6.45) is 1.84. The molecule has 1 saturated heterocycles. The SMILES string of the molecule is COc1ccccc1N1C(=S)N[C@@H](c2ccccn2)[C@@H]1c1c(C)c(C)n(-c2ccccc2)c1C. The molecule has 4 aromatic rings. The number of pyridine rings is 1. The predicted molar refractivity (Wildman–Crippen MR) is 141 cm³/mol. The summed E-state index contributed by atoms with van der Waals surface area (Å²) in [7, 11) is 1.70. The summed E-state index contributed by atoms with van der Waals surface area (Å²) in [5, 5.41) is 4.23. The Kier molecular flexibility index (Phi) is 5.84. The molecule has 3 heterocycles. The highest BCUT2D eigenvalue weighted by Crippen LogP contribution is 2.47. The van der Waals surface area contributed by atoms with Gasteiger partial charge in [-0.15, -0.1) is 0 Å². The van der Waals surface area contributed by atoms with Crippen LogP contribution < -0.4 is 15.0 Å². The molecule has 0 amide bonds. The molecule has 2 atom stereocenters. The molecule has 1 N–H and O–H groups in total. The molecule has 5 rings (SSSR count). The minimum Gasteiger partial charge on any atom is -0.495 e. The van der Waals surface area contributed by atoms with Gasteiger partial charge in [0, 0.05) is 28.8 Å². The Bertz CT molecular complexity index is 1330. The summed E-state index contributed by atoms with van der Waals surface area (Å²) in [6.45, 7) is 6.58. The van der Waals surface area contributed by atoms with Crippen LogP contribution in [0.2, 0.25) is 0 Å². The Morgan fingerprint density at radius 3 is 2.29 bits per heavy atom. The third-order valence-corrected chi connectivity index (χ3v) is 7.07. The third kappa shape index (κ3) is 3.55. The molecule has 6 heteroatoms. The van der Waals surface area contributed by atoms with Gasteiger partial charge >= 0.3 is 0 Å². The number of hydrogen-bond donors (Lipinski definition) is 1. The van der Waals surface area contributed by atoms with Crippen molar-refractivity contribution >= 4 is 23.0 Å². The Morgan fingerprint density at radius 2 is 1.59 bits per heavy atom. The second-order valence-electron chi connectivity index (χ2n) is 8.55. The van der Waals surface area contributed by atoms with E-state index in [2.05, 4.69) is 72.0 Å². The van der Waals surface area contributed by atoms with E-state index in [1.807, 2.05) is 42.6 Å². The van der Waals surface area contributed by atoms with Crippen molar-refractivity contribution in [1.82, 2.24) is 14.9 Å². The first-order chi connectivity index (χ1) is 16.5. The molecule has 0 radical (unpaired) electrons. The van der Waals surface area contributed by atoms with Gasteiger partial charge in [-0.05, 0) is 75.0 Å². The van der Waals surface area contributed by atoms with Gasteiger partial charge < -0.3 is 19.5 Å². The lowest BCUT2D eigenvalue weighted by molar-refractivity contribution is 0.414. The Morgan fingerprint density at radius 1 is 0.882 bits per heavy atom. The van der Waals surface area contributed by atoms with Crippen LogP contribution in [-0.2, 0) is 0 Å². The van der Waals surface area contributed by atoms with Crippen LogP contribution >= 0.6 is 12.2 Å². The molecule has 1 aliphatic heterocycles. The van der Waals surface area contributed by atoms with Gasteiger partial charge in [0.15, 0.2) is 5.11 Å². The molecule has 0 aliphatic carbocycles. The predicted octanol–water partition coefficient (Wildman–Crippen LogP) is 5.98. The number of benzene rings is 2. The number of thiocarbonyl (C=S) groups is 1. The maximum absolute atomic E-state index is 5.93. The van der Waals surface area contributed by atoms with Crippen molar-refractivity contribution in [2.75, 3.05) is 12.0 Å². The number of nitrogens with one attached hydrogen (secondary N) is 1. The third-order valence-electron chi connectivity index (χ3n) is 6.76. The maximum atomic E-state index is 5.93. The van der Waals surface area contributed by atoms with Crippen LogP contribution in [0, 0.1) is 20.8 Å². The normalized spacial score (nSPS) is 17.6. The van der Waals surface area contributed by atoms with E-state index < -0.39 is 0 Å². The number of rotatable bonds is 5. The number of methoxy groups -OCH3 is 1. The highest BCUT2D eigenvalue weighted by molar-refractivity contribution is 7.80. The Hall–Kier alpha value is -3.64. The van der Waals surface area contributed by atoms with Crippen LogP contribution in [0.1, 0.15) is 40.3 Å². The van der Waals surface area contributed by atoms with E-state index in [4.69, 9.17) is 21.9 Å². The first kappa shape index (κ1) is 22.2. The van der Waals surface area contributed by atoms with Crippen LogP contribution in [0.25, 0.3) is 5.69 Å². The summed E-state index contributed by atoms with van der Waals surface area (Å²) < 4.78 is 8.08. The molecule has 2 aromatic heterocycles. The largest absolute Gasteiger partial charge is 0.495 e. The van der Waals surface area contributed by atoms with E-state index in [9.17, 15) is 0 Å². The Labute approximate surface area is 206 Å². The molecule has 0 bridgehead atoms. The van der Waals surface area contributed by atoms with Gasteiger partial charge in [-0.2, -0.15) is 0 Å². The van der Waals surface area contributed by atoms with E-state index in [1.54, 1.807) is 7.11 Å². The summed E-state index contributed by atoms with van der Waals surface area (Å²) in [4.78, 5) is 6.89. The van der Waals surface area contributed by atoms with Crippen LogP contribution in [0.15, 0.2) is 79.0 Å².